The van der Waals surface area contributed by atoms with E-state index in [1.165, 1.54) is 10.5 Å². The van der Waals surface area contributed by atoms with Crippen LogP contribution in [0.3, 0.4) is 0 Å². The van der Waals surface area contributed by atoms with Gasteiger partial charge < -0.3 is 5.73 Å². The number of aryl methyl sites for hydroxylation is 1. The summed E-state index contributed by atoms with van der Waals surface area (Å²) in [5.74, 6) is 0. The van der Waals surface area contributed by atoms with Gasteiger partial charge in [0.15, 0.2) is 0 Å². The maximum atomic E-state index is 5.60. The molecular weight excluding hydrogens is 216 g/mol. The number of rotatable bonds is 3. The molecule has 3 heteroatoms. The molecule has 0 saturated carbocycles. The second kappa shape index (κ2) is 5.14. The lowest BCUT2D eigenvalue weighted by Gasteiger charge is -2.05. The SMILES string of the molecule is Cc1ccccc1Sc1cc(CN)ccn1. The second-order valence-electron chi connectivity index (χ2n) is 3.57. The van der Waals surface area contributed by atoms with Gasteiger partial charge in [0, 0.05) is 17.6 Å². The van der Waals surface area contributed by atoms with Crippen molar-refractivity contribution in [2.24, 2.45) is 5.73 Å². The molecule has 0 aliphatic rings. The Morgan fingerprint density at radius 3 is 2.81 bits per heavy atom. The Morgan fingerprint density at radius 2 is 2.06 bits per heavy atom. The molecule has 2 nitrogen and oxygen atoms in total. The third-order valence-electron chi connectivity index (χ3n) is 2.34. The molecule has 0 fully saturated rings. The van der Waals surface area contributed by atoms with Crippen LogP contribution in [0.5, 0.6) is 0 Å². The van der Waals surface area contributed by atoms with Gasteiger partial charge in [0.05, 0.1) is 0 Å². The quantitative estimate of drug-likeness (QED) is 0.881. The van der Waals surface area contributed by atoms with Crippen molar-refractivity contribution in [3.63, 3.8) is 0 Å². The van der Waals surface area contributed by atoms with Crippen LogP contribution in [0.25, 0.3) is 0 Å². The van der Waals surface area contributed by atoms with Gasteiger partial charge in [-0.3, -0.25) is 0 Å². The molecule has 2 aromatic rings. The van der Waals surface area contributed by atoms with Crippen LogP contribution in [0.2, 0.25) is 0 Å². The highest BCUT2D eigenvalue weighted by molar-refractivity contribution is 7.99. The fourth-order valence-electron chi connectivity index (χ4n) is 1.42. The van der Waals surface area contributed by atoms with E-state index in [1.807, 2.05) is 30.5 Å². The highest BCUT2D eigenvalue weighted by Gasteiger charge is 2.01. The van der Waals surface area contributed by atoms with Crippen molar-refractivity contribution >= 4 is 11.8 Å². The molecule has 0 atom stereocenters. The molecule has 0 aliphatic carbocycles. The Hall–Kier alpha value is -1.32. The van der Waals surface area contributed by atoms with Gasteiger partial charge in [0.2, 0.25) is 0 Å². The van der Waals surface area contributed by atoms with Gasteiger partial charge in [-0.25, -0.2) is 4.98 Å². The number of hydrogen-bond acceptors (Lipinski definition) is 3. The third-order valence-corrected chi connectivity index (χ3v) is 3.45. The Labute approximate surface area is 99.9 Å². The summed E-state index contributed by atoms with van der Waals surface area (Å²) in [4.78, 5) is 5.57. The van der Waals surface area contributed by atoms with E-state index in [2.05, 4.69) is 24.0 Å². The van der Waals surface area contributed by atoms with Crippen LogP contribution in [-0.4, -0.2) is 4.98 Å². The highest BCUT2D eigenvalue weighted by Crippen LogP contribution is 2.28. The molecule has 1 heterocycles. The normalized spacial score (nSPS) is 10.4. The van der Waals surface area contributed by atoms with Crippen molar-refractivity contribution in [2.75, 3.05) is 0 Å². The van der Waals surface area contributed by atoms with E-state index in [0.717, 1.165) is 10.6 Å². The van der Waals surface area contributed by atoms with Crippen LogP contribution in [0.4, 0.5) is 0 Å². The first kappa shape index (κ1) is 11.2. The largest absolute Gasteiger partial charge is 0.326 e. The van der Waals surface area contributed by atoms with Gasteiger partial charge in [-0.2, -0.15) is 0 Å². The number of nitrogens with two attached hydrogens (primary N) is 1. The van der Waals surface area contributed by atoms with Gasteiger partial charge in [-0.1, -0.05) is 30.0 Å². The average molecular weight is 230 g/mol. The summed E-state index contributed by atoms with van der Waals surface area (Å²) >= 11 is 1.68. The minimum atomic E-state index is 0.559. The molecule has 16 heavy (non-hydrogen) atoms. The average Bonchev–Trinajstić information content (AvgIpc) is 2.32. The molecule has 0 aliphatic heterocycles. The molecule has 2 N–H and O–H groups in total. The number of pyridine rings is 1. The van der Waals surface area contributed by atoms with E-state index in [0.29, 0.717) is 6.54 Å². The van der Waals surface area contributed by atoms with E-state index in [9.17, 15) is 0 Å². The van der Waals surface area contributed by atoms with Crippen molar-refractivity contribution in [3.05, 3.63) is 53.7 Å². The lowest BCUT2D eigenvalue weighted by Crippen LogP contribution is -1.96. The molecule has 0 bridgehead atoms. The van der Waals surface area contributed by atoms with Crippen molar-refractivity contribution in [1.82, 2.24) is 4.98 Å². The molecule has 1 aromatic heterocycles. The minimum absolute atomic E-state index is 0.559. The first-order valence-electron chi connectivity index (χ1n) is 5.18. The molecule has 0 spiro atoms. The van der Waals surface area contributed by atoms with Gasteiger partial charge in [-0.05, 0) is 36.2 Å². The fourth-order valence-corrected chi connectivity index (χ4v) is 2.34. The van der Waals surface area contributed by atoms with E-state index in [-0.39, 0.29) is 0 Å². The van der Waals surface area contributed by atoms with Crippen molar-refractivity contribution in [2.45, 2.75) is 23.4 Å². The number of aromatic nitrogens is 1. The van der Waals surface area contributed by atoms with Crippen LogP contribution in [0.1, 0.15) is 11.1 Å². The molecule has 82 valence electrons. The zero-order chi connectivity index (χ0) is 11.4. The zero-order valence-corrected chi connectivity index (χ0v) is 10.00. The molecule has 2 rings (SSSR count). The fraction of sp³-hybridized carbons (Fsp3) is 0.154. The summed E-state index contributed by atoms with van der Waals surface area (Å²) in [7, 11) is 0. The standard InChI is InChI=1S/C13H14N2S/c1-10-4-2-3-5-12(10)16-13-8-11(9-14)6-7-15-13/h2-8H,9,14H2,1H3. The number of benzene rings is 1. The smallest absolute Gasteiger partial charge is 0.101 e. The number of nitrogens with zero attached hydrogens (tertiary/aromatic N) is 1. The van der Waals surface area contributed by atoms with Gasteiger partial charge in [0.1, 0.15) is 5.03 Å². The van der Waals surface area contributed by atoms with Crippen LogP contribution in [-0.2, 0) is 6.54 Å². The molecule has 0 radical (unpaired) electrons. The van der Waals surface area contributed by atoms with E-state index < -0.39 is 0 Å². The molecular formula is C13H14N2S. The Morgan fingerprint density at radius 1 is 1.25 bits per heavy atom. The number of hydrogen-bond donors (Lipinski definition) is 1. The Bertz CT molecular complexity index is 483. The van der Waals surface area contributed by atoms with Crippen LogP contribution in [0.15, 0.2) is 52.5 Å². The summed E-state index contributed by atoms with van der Waals surface area (Å²) in [5, 5.41) is 0.997. The first-order valence-corrected chi connectivity index (χ1v) is 6.00. The predicted molar refractivity (Wildman–Crippen MR) is 67.4 cm³/mol. The minimum Gasteiger partial charge on any atom is -0.326 e. The predicted octanol–water partition coefficient (Wildman–Crippen LogP) is 3.00. The maximum absolute atomic E-state index is 5.60. The first-order chi connectivity index (χ1) is 7.79. The summed E-state index contributed by atoms with van der Waals surface area (Å²) < 4.78 is 0. The second-order valence-corrected chi connectivity index (χ2v) is 4.64. The van der Waals surface area contributed by atoms with Crippen molar-refractivity contribution in [1.29, 1.82) is 0 Å². The summed E-state index contributed by atoms with van der Waals surface area (Å²) in [6.45, 7) is 2.67. The van der Waals surface area contributed by atoms with Crippen LogP contribution >= 0.6 is 11.8 Å². The van der Waals surface area contributed by atoms with Crippen molar-refractivity contribution in [3.8, 4) is 0 Å². The zero-order valence-electron chi connectivity index (χ0n) is 9.18. The third kappa shape index (κ3) is 2.62. The monoisotopic (exact) mass is 230 g/mol. The summed E-state index contributed by atoms with van der Waals surface area (Å²) in [5.41, 5.74) is 7.99. The molecule has 1 aromatic carbocycles. The van der Waals surface area contributed by atoms with Gasteiger partial charge in [0.25, 0.3) is 0 Å². The molecule has 0 unspecified atom stereocenters. The van der Waals surface area contributed by atoms with Crippen LogP contribution < -0.4 is 5.73 Å². The van der Waals surface area contributed by atoms with Gasteiger partial charge >= 0.3 is 0 Å². The molecule has 0 amide bonds. The van der Waals surface area contributed by atoms with E-state index >= 15 is 0 Å². The topological polar surface area (TPSA) is 38.9 Å². The summed E-state index contributed by atoms with van der Waals surface area (Å²) in [6.07, 6.45) is 1.81. The Balaban J connectivity index is 2.24. The van der Waals surface area contributed by atoms with Crippen LogP contribution in [0, 0.1) is 6.92 Å². The van der Waals surface area contributed by atoms with Gasteiger partial charge in [-0.15, -0.1) is 0 Å². The van der Waals surface area contributed by atoms with E-state index in [1.54, 1.807) is 11.8 Å². The highest BCUT2D eigenvalue weighted by atomic mass is 32.2. The lowest BCUT2D eigenvalue weighted by molar-refractivity contribution is 1.02. The van der Waals surface area contributed by atoms with Crippen molar-refractivity contribution < 1.29 is 0 Å². The maximum Gasteiger partial charge on any atom is 0.101 e. The summed E-state index contributed by atoms with van der Waals surface area (Å²) in [6, 6.07) is 12.3. The molecule has 0 saturated heterocycles. The lowest BCUT2D eigenvalue weighted by atomic mass is 10.2. The Kier molecular flexibility index (Phi) is 3.59. The van der Waals surface area contributed by atoms with E-state index in [4.69, 9.17) is 5.73 Å².